The van der Waals surface area contributed by atoms with Crippen LogP contribution in [0, 0.1) is 5.92 Å². The van der Waals surface area contributed by atoms with Crippen molar-refractivity contribution in [1.29, 1.82) is 0 Å². The standard InChI is InChI=1S/C4H9IOS/c1-3(2)4(6)7-5/h3-4,6H,1-2H3. The smallest absolute Gasteiger partial charge is 0.111 e. The average molecular weight is 232 g/mol. The highest BCUT2D eigenvalue weighted by molar-refractivity contribution is 14.2. The van der Waals surface area contributed by atoms with Crippen LogP contribution in [0.15, 0.2) is 0 Å². The predicted octanol–water partition coefficient (Wildman–Crippen LogP) is 2.04. The van der Waals surface area contributed by atoms with E-state index in [2.05, 4.69) is 21.2 Å². The topological polar surface area (TPSA) is 20.2 Å². The highest BCUT2D eigenvalue weighted by Crippen LogP contribution is 2.22. The summed E-state index contributed by atoms with van der Waals surface area (Å²) in [5.41, 5.74) is -0.194. The summed E-state index contributed by atoms with van der Waals surface area (Å²) in [6.07, 6.45) is 0. The molecule has 1 unspecified atom stereocenters. The van der Waals surface area contributed by atoms with E-state index in [0.717, 1.165) is 0 Å². The fourth-order valence-corrected chi connectivity index (χ4v) is 2.07. The zero-order valence-corrected chi connectivity index (χ0v) is 7.36. The van der Waals surface area contributed by atoms with Gasteiger partial charge in [0.25, 0.3) is 0 Å². The third-order valence-corrected chi connectivity index (χ3v) is 2.95. The van der Waals surface area contributed by atoms with Crippen molar-refractivity contribution in [3.63, 3.8) is 0 Å². The van der Waals surface area contributed by atoms with E-state index in [1.54, 1.807) is 0 Å². The first-order chi connectivity index (χ1) is 3.18. The van der Waals surface area contributed by atoms with Crippen molar-refractivity contribution in [2.24, 2.45) is 5.92 Å². The minimum Gasteiger partial charge on any atom is -0.381 e. The van der Waals surface area contributed by atoms with Crippen LogP contribution in [0.1, 0.15) is 13.8 Å². The van der Waals surface area contributed by atoms with Crippen molar-refractivity contribution < 1.29 is 5.11 Å². The zero-order valence-electron chi connectivity index (χ0n) is 4.39. The van der Waals surface area contributed by atoms with E-state index in [0.29, 0.717) is 5.92 Å². The van der Waals surface area contributed by atoms with Gasteiger partial charge in [-0.3, -0.25) is 0 Å². The van der Waals surface area contributed by atoms with E-state index in [1.165, 1.54) is 8.93 Å². The summed E-state index contributed by atoms with van der Waals surface area (Å²) in [6.45, 7) is 3.99. The number of hydrogen-bond donors (Lipinski definition) is 1. The molecule has 0 saturated heterocycles. The van der Waals surface area contributed by atoms with Crippen molar-refractivity contribution in [1.82, 2.24) is 0 Å². The van der Waals surface area contributed by atoms with Crippen LogP contribution in [-0.2, 0) is 0 Å². The van der Waals surface area contributed by atoms with Gasteiger partial charge in [-0.2, -0.15) is 0 Å². The Morgan fingerprint density at radius 2 is 2.00 bits per heavy atom. The van der Waals surface area contributed by atoms with Gasteiger partial charge >= 0.3 is 0 Å². The van der Waals surface area contributed by atoms with Gasteiger partial charge < -0.3 is 5.11 Å². The van der Waals surface area contributed by atoms with E-state index in [1.807, 2.05) is 13.8 Å². The lowest BCUT2D eigenvalue weighted by atomic mass is 10.2. The molecular formula is C4H9IOS. The third-order valence-electron chi connectivity index (χ3n) is 0.662. The van der Waals surface area contributed by atoms with Crippen molar-refractivity contribution >= 4 is 30.1 Å². The first-order valence-corrected chi connectivity index (χ1v) is 5.56. The first-order valence-electron chi connectivity index (χ1n) is 2.14. The molecule has 44 valence electrons. The minimum absolute atomic E-state index is 0.194. The molecule has 3 heteroatoms. The lowest BCUT2D eigenvalue weighted by Gasteiger charge is -2.07. The molecule has 0 aliphatic carbocycles. The monoisotopic (exact) mass is 232 g/mol. The second kappa shape index (κ2) is 3.97. The van der Waals surface area contributed by atoms with Crippen LogP contribution in [0.5, 0.6) is 0 Å². The Hall–Kier alpha value is 1.04. The molecule has 1 N–H and O–H groups in total. The molecule has 1 nitrogen and oxygen atoms in total. The van der Waals surface area contributed by atoms with E-state index < -0.39 is 0 Å². The molecule has 0 fully saturated rings. The van der Waals surface area contributed by atoms with Crippen LogP contribution in [0.3, 0.4) is 0 Å². The maximum atomic E-state index is 8.89. The van der Waals surface area contributed by atoms with Gasteiger partial charge in [0.05, 0.1) is 0 Å². The predicted molar refractivity (Wildman–Crippen MR) is 42.5 cm³/mol. The van der Waals surface area contributed by atoms with Gasteiger partial charge in [-0.05, 0) is 27.1 Å². The Balaban J connectivity index is 3.14. The number of aliphatic hydroxyl groups is 1. The first kappa shape index (κ1) is 8.04. The molecule has 0 bridgehead atoms. The molecule has 0 rings (SSSR count). The quantitative estimate of drug-likeness (QED) is 0.580. The highest BCUT2D eigenvalue weighted by atomic mass is 127. The van der Waals surface area contributed by atoms with Crippen LogP contribution < -0.4 is 0 Å². The summed E-state index contributed by atoms with van der Waals surface area (Å²) in [4.78, 5) is 0. The van der Waals surface area contributed by atoms with Crippen molar-refractivity contribution in [2.45, 2.75) is 19.3 Å². The van der Waals surface area contributed by atoms with Crippen molar-refractivity contribution in [3.8, 4) is 0 Å². The van der Waals surface area contributed by atoms with E-state index in [-0.39, 0.29) is 5.44 Å². The van der Waals surface area contributed by atoms with Crippen LogP contribution >= 0.6 is 30.1 Å². The maximum absolute atomic E-state index is 8.89. The molecule has 0 radical (unpaired) electrons. The molecule has 0 aromatic carbocycles. The minimum atomic E-state index is -0.194. The maximum Gasteiger partial charge on any atom is 0.111 e. The highest BCUT2D eigenvalue weighted by Gasteiger charge is 2.05. The Morgan fingerprint density at radius 1 is 1.57 bits per heavy atom. The van der Waals surface area contributed by atoms with Crippen LogP contribution in [0.2, 0.25) is 0 Å². The molecule has 0 aliphatic rings. The van der Waals surface area contributed by atoms with Gasteiger partial charge in [0, 0.05) is 0 Å². The summed E-state index contributed by atoms with van der Waals surface area (Å²) in [5.74, 6) is 0.377. The molecule has 0 spiro atoms. The summed E-state index contributed by atoms with van der Waals surface area (Å²) in [6, 6.07) is 0. The van der Waals surface area contributed by atoms with Gasteiger partial charge in [-0.1, -0.05) is 22.8 Å². The number of rotatable bonds is 2. The van der Waals surface area contributed by atoms with Gasteiger partial charge in [0.15, 0.2) is 0 Å². The van der Waals surface area contributed by atoms with Crippen LogP contribution in [-0.4, -0.2) is 10.5 Å². The molecule has 0 heterocycles. The van der Waals surface area contributed by atoms with E-state index >= 15 is 0 Å². The molecule has 0 aromatic rings. The molecule has 0 amide bonds. The Morgan fingerprint density at radius 3 is 2.00 bits per heavy atom. The summed E-state index contributed by atoms with van der Waals surface area (Å²) >= 11 is 2.10. The molecule has 0 aromatic heterocycles. The molecular weight excluding hydrogens is 223 g/mol. The normalized spacial score (nSPS) is 15.0. The van der Waals surface area contributed by atoms with Gasteiger partial charge in [0.1, 0.15) is 5.44 Å². The van der Waals surface area contributed by atoms with Gasteiger partial charge in [-0.15, -0.1) is 0 Å². The van der Waals surface area contributed by atoms with E-state index in [9.17, 15) is 0 Å². The Bertz CT molecular complexity index is 49.0. The fraction of sp³-hybridized carbons (Fsp3) is 1.00. The Labute approximate surface area is 60.5 Å². The lowest BCUT2D eigenvalue weighted by Crippen LogP contribution is -2.06. The van der Waals surface area contributed by atoms with E-state index in [4.69, 9.17) is 5.11 Å². The van der Waals surface area contributed by atoms with Crippen molar-refractivity contribution in [2.75, 3.05) is 0 Å². The van der Waals surface area contributed by atoms with Crippen LogP contribution in [0.25, 0.3) is 0 Å². The number of aliphatic hydroxyl groups excluding tert-OH is 1. The van der Waals surface area contributed by atoms with Crippen LogP contribution in [0.4, 0.5) is 0 Å². The second-order valence-corrected chi connectivity index (χ2v) is 3.91. The third kappa shape index (κ3) is 3.61. The molecule has 0 saturated carbocycles. The number of halogens is 1. The fourth-order valence-electron chi connectivity index (χ4n) is 0.103. The SMILES string of the molecule is CC(C)C(O)SI. The Kier molecular flexibility index (Phi) is 4.56. The summed E-state index contributed by atoms with van der Waals surface area (Å²) in [5, 5.41) is 8.89. The molecule has 1 atom stereocenters. The number of hydrogen-bond acceptors (Lipinski definition) is 2. The zero-order chi connectivity index (χ0) is 5.86. The van der Waals surface area contributed by atoms with Gasteiger partial charge in [-0.25, -0.2) is 0 Å². The summed E-state index contributed by atoms with van der Waals surface area (Å²) in [7, 11) is 1.46. The van der Waals surface area contributed by atoms with Gasteiger partial charge in [0.2, 0.25) is 0 Å². The average Bonchev–Trinajstić information content (AvgIpc) is 1.65. The van der Waals surface area contributed by atoms with Crippen molar-refractivity contribution in [3.05, 3.63) is 0 Å². The second-order valence-electron chi connectivity index (χ2n) is 1.72. The molecule has 7 heavy (non-hydrogen) atoms. The largest absolute Gasteiger partial charge is 0.381 e. The molecule has 0 aliphatic heterocycles. The summed E-state index contributed by atoms with van der Waals surface area (Å²) < 4.78 is 0. The lowest BCUT2D eigenvalue weighted by molar-refractivity contribution is 0.214.